The monoisotopic (exact) mass is 206 g/mol. The van der Waals surface area contributed by atoms with Crippen molar-refractivity contribution in [2.75, 3.05) is 13.1 Å². The van der Waals surface area contributed by atoms with E-state index >= 15 is 0 Å². The summed E-state index contributed by atoms with van der Waals surface area (Å²) in [5.41, 5.74) is 0. The van der Waals surface area contributed by atoms with Crippen LogP contribution in [0.4, 0.5) is 0 Å². The van der Waals surface area contributed by atoms with Crippen LogP contribution in [0.25, 0.3) is 0 Å². The van der Waals surface area contributed by atoms with Crippen LogP contribution in [0.15, 0.2) is 0 Å². The lowest BCUT2D eigenvalue weighted by Gasteiger charge is -2.31. The van der Waals surface area contributed by atoms with Gasteiger partial charge in [-0.05, 0) is 31.6 Å². The Morgan fingerprint density at radius 1 is 1.33 bits per heavy atom. The number of likely N-dealkylation sites (tertiary alicyclic amines) is 1. The molecule has 82 valence electrons. The number of carbonyl (C=O) groups excluding carboxylic acids is 1. The molecule has 0 radical (unpaired) electrons. The van der Waals surface area contributed by atoms with Crippen molar-refractivity contribution in [2.24, 2.45) is 17.8 Å². The maximum atomic E-state index is 12.0. The van der Waals surface area contributed by atoms with Crippen molar-refractivity contribution in [2.45, 2.75) is 32.6 Å². The Labute approximate surface area is 91.1 Å². The molecule has 0 N–H and O–H groups in total. The summed E-state index contributed by atoms with van der Waals surface area (Å²) in [4.78, 5) is 14.0. The van der Waals surface area contributed by atoms with Crippen molar-refractivity contribution in [1.29, 1.82) is 5.26 Å². The van der Waals surface area contributed by atoms with Gasteiger partial charge in [-0.15, -0.1) is 0 Å². The van der Waals surface area contributed by atoms with Gasteiger partial charge in [-0.1, -0.05) is 6.92 Å². The number of piperidine rings is 1. The first-order valence-corrected chi connectivity index (χ1v) is 5.90. The van der Waals surface area contributed by atoms with Crippen LogP contribution in [-0.2, 0) is 4.79 Å². The Balaban J connectivity index is 1.84. The van der Waals surface area contributed by atoms with Crippen LogP contribution in [0.3, 0.4) is 0 Å². The third-order valence-corrected chi connectivity index (χ3v) is 3.71. The van der Waals surface area contributed by atoms with Crippen LogP contribution in [0.1, 0.15) is 32.6 Å². The van der Waals surface area contributed by atoms with Gasteiger partial charge in [-0.25, -0.2) is 0 Å². The van der Waals surface area contributed by atoms with Crippen molar-refractivity contribution >= 4 is 5.91 Å². The number of nitrogens with zero attached hydrogens (tertiary/aromatic N) is 2. The van der Waals surface area contributed by atoms with Crippen LogP contribution in [0.5, 0.6) is 0 Å². The lowest BCUT2D eigenvalue weighted by molar-refractivity contribution is -0.136. The molecule has 1 heterocycles. The lowest BCUT2D eigenvalue weighted by atomic mass is 9.96. The molecule has 1 saturated heterocycles. The summed E-state index contributed by atoms with van der Waals surface area (Å²) in [6.45, 7) is 3.62. The van der Waals surface area contributed by atoms with Crippen molar-refractivity contribution in [3.63, 3.8) is 0 Å². The van der Waals surface area contributed by atoms with E-state index in [0.29, 0.717) is 11.8 Å². The van der Waals surface area contributed by atoms with Gasteiger partial charge in [0.2, 0.25) is 5.91 Å². The lowest BCUT2D eigenvalue weighted by Crippen LogP contribution is -2.41. The highest BCUT2D eigenvalue weighted by atomic mass is 16.2. The van der Waals surface area contributed by atoms with Crippen molar-refractivity contribution in [3.05, 3.63) is 0 Å². The Morgan fingerprint density at radius 2 is 1.93 bits per heavy atom. The number of amides is 1. The van der Waals surface area contributed by atoms with Gasteiger partial charge in [0.1, 0.15) is 0 Å². The Hall–Kier alpha value is -1.04. The first kappa shape index (κ1) is 10.5. The summed E-state index contributed by atoms with van der Waals surface area (Å²) in [7, 11) is 0. The summed E-state index contributed by atoms with van der Waals surface area (Å²) in [5.74, 6) is 1.34. The molecule has 0 aromatic heterocycles. The number of hydrogen-bond donors (Lipinski definition) is 0. The fraction of sp³-hybridized carbons (Fsp3) is 0.833. The molecule has 1 atom stereocenters. The van der Waals surface area contributed by atoms with Crippen LogP contribution < -0.4 is 0 Å². The van der Waals surface area contributed by atoms with Crippen LogP contribution >= 0.6 is 0 Å². The highest BCUT2D eigenvalue weighted by molar-refractivity contribution is 5.79. The highest BCUT2D eigenvalue weighted by Crippen LogP contribution is 2.37. The quantitative estimate of drug-likeness (QED) is 0.691. The minimum absolute atomic E-state index is 0.172. The van der Waals surface area contributed by atoms with Gasteiger partial charge >= 0.3 is 0 Å². The van der Waals surface area contributed by atoms with E-state index in [-0.39, 0.29) is 11.8 Å². The molecule has 1 saturated carbocycles. The van der Waals surface area contributed by atoms with E-state index < -0.39 is 0 Å². The molecule has 2 fully saturated rings. The molecule has 3 heteroatoms. The molecule has 1 aliphatic heterocycles. The molecule has 3 nitrogen and oxygen atoms in total. The Kier molecular flexibility index (Phi) is 2.95. The second-order valence-corrected chi connectivity index (χ2v) is 4.85. The van der Waals surface area contributed by atoms with Crippen LogP contribution in [0, 0.1) is 29.1 Å². The molecule has 1 amide bonds. The maximum absolute atomic E-state index is 12.0. The first-order valence-electron chi connectivity index (χ1n) is 5.90. The second-order valence-electron chi connectivity index (χ2n) is 4.85. The normalized spacial score (nSPS) is 24.7. The summed E-state index contributed by atoms with van der Waals surface area (Å²) in [6.07, 6.45) is 4.17. The molecular weight excluding hydrogens is 188 g/mol. The molecule has 0 spiro atoms. The van der Waals surface area contributed by atoms with Gasteiger partial charge in [-0.3, -0.25) is 4.79 Å². The Bertz CT molecular complexity index is 282. The molecule has 2 rings (SSSR count). The zero-order chi connectivity index (χ0) is 10.8. The molecule has 0 aromatic carbocycles. The standard InChI is InChI=1S/C12H18N2O/c1-9(11-2-3-11)12(15)14-6-4-10(8-13)5-7-14/h9-11H,2-7H2,1H3. The summed E-state index contributed by atoms with van der Waals surface area (Å²) in [5, 5.41) is 8.77. The number of hydrogen-bond acceptors (Lipinski definition) is 2. The van der Waals surface area contributed by atoms with Gasteiger partial charge in [0.25, 0.3) is 0 Å². The van der Waals surface area contributed by atoms with E-state index in [1.165, 1.54) is 12.8 Å². The summed E-state index contributed by atoms with van der Waals surface area (Å²) in [6, 6.07) is 2.29. The number of nitriles is 1. The molecule has 2 aliphatic rings. The van der Waals surface area contributed by atoms with E-state index in [4.69, 9.17) is 5.26 Å². The van der Waals surface area contributed by atoms with Gasteiger partial charge in [0.15, 0.2) is 0 Å². The fourth-order valence-electron chi connectivity index (χ4n) is 2.31. The zero-order valence-corrected chi connectivity index (χ0v) is 9.28. The summed E-state index contributed by atoms with van der Waals surface area (Å²) >= 11 is 0. The predicted molar refractivity (Wildman–Crippen MR) is 56.8 cm³/mol. The highest BCUT2D eigenvalue weighted by Gasteiger charge is 2.35. The average Bonchev–Trinajstić information content (AvgIpc) is 3.11. The van der Waals surface area contributed by atoms with Gasteiger partial charge < -0.3 is 4.90 Å². The molecule has 1 unspecified atom stereocenters. The SMILES string of the molecule is CC(C(=O)N1CCC(C#N)CC1)C1CC1. The predicted octanol–water partition coefficient (Wildman–Crippen LogP) is 1.79. The van der Waals surface area contributed by atoms with Gasteiger partial charge in [0, 0.05) is 24.9 Å². The Morgan fingerprint density at radius 3 is 2.40 bits per heavy atom. The second kappa shape index (κ2) is 4.22. The smallest absolute Gasteiger partial charge is 0.225 e. The van der Waals surface area contributed by atoms with Crippen molar-refractivity contribution in [1.82, 2.24) is 4.90 Å². The first-order chi connectivity index (χ1) is 7.22. The van der Waals surface area contributed by atoms with E-state index in [2.05, 4.69) is 13.0 Å². The maximum Gasteiger partial charge on any atom is 0.225 e. The van der Waals surface area contributed by atoms with Crippen molar-refractivity contribution in [3.8, 4) is 6.07 Å². The minimum atomic E-state index is 0.172. The topological polar surface area (TPSA) is 44.1 Å². The zero-order valence-electron chi connectivity index (χ0n) is 9.28. The van der Waals surface area contributed by atoms with Gasteiger partial charge in [0.05, 0.1) is 6.07 Å². The van der Waals surface area contributed by atoms with E-state index in [9.17, 15) is 4.79 Å². The van der Waals surface area contributed by atoms with E-state index in [1.807, 2.05) is 4.90 Å². The number of carbonyl (C=O) groups is 1. The molecule has 15 heavy (non-hydrogen) atoms. The molecule has 0 bridgehead atoms. The largest absolute Gasteiger partial charge is 0.342 e. The van der Waals surface area contributed by atoms with E-state index in [0.717, 1.165) is 25.9 Å². The third kappa shape index (κ3) is 2.31. The van der Waals surface area contributed by atoms with E-state index in [1.54, 1.807) is 0 Å². The number of rotatable bonds is 2. The summed E-state index contributed by atoms with van der Waals surface area (Å²) < 4.78 is 0. The molecule has 0 aromatic rings. The minimum Gasteiger partial charge on any atom is -0.342 e. The van der Waals surface area contributed by atoms with Crippen LogP contribution in [0.2, 0.25) is 0 Å². The van der Waals surface area contributed by atoms with Crippen molar-refractivity contribution < 1.29 is 4.79 Å². The molecule has 1 aliphatic carbocycles. The fourth-order valence-corrected chi connectivity index (χ4v) is 2.31. The average molecular weight is 206 g/mol. The molecular formula is C12H18N2O. The van der Waals surface area contributed by atoms with Gasteiger partial charge in [-0.2, -0.15) is 5.26 Å². The van der Waals surface area contributed by atoms with Crippen LogP contribution in [-0.4, -0.2) is 23.9 Å². The third-order valence-electron chi connectivity index (χ3n) is 3.71.